The summed E-state index contributed by atoms with van der Waals surface area (Å²) in [5, 5.41) is 13.5. The molecule has 190 valence electrons. The van der Waals surface area contributed by atoms with Gasteiger partial charge in [0.2, 0.25) is 6.79 Å². The Kier molecular flexibility index (Phi) is 7.13. The monoisotopic (exact) mass is 486 g/mol. The second kappa shape index (κ2) is 10.8. The van der Waals surface area contributed by atoms with Gasteiger partial charge in [-0.05, 0) is 84.2 Å². The third-order valence-corrected chi connectivity index (χ3v) is 8.25. The number of hydrogen-bond acceptors (Lipinski definition) is 5. The normalized spacial score (nSPS) is 21.3. The van der Waals surface area contributed by atoms with E-state index in [4.69, 9.17) is 9.47 Å². The lowest BCUT2D eigenvalue weighted by atomic mass is 9.96. The smallest absolute Gasteiger partial charge is 0.231 e. The van der Waals surface area contributed by atoms with Crippen molar-refractivity contribution < 1.29 is 14.6 Å². The van der Waals surface area contributed by atoms with E-state index < -0.39 is 0 Å². The van der Waals surface area contributed by atoms with Crippen molar-refractivity contribution >= 4 is 10.8 Å². The molecule has 0 saturated carbocycles. The van der Waals surface area contributed by atoms with E-state index in [1.54, 1.807) is 0 Å². The van der Waals surface area contributed by atoms with Gasteiger partial charge in [-0.2, -0.15) is 0 Å². The molecule has 0 aromatic heterocycles. The first-order valence-corrected chi connectivity index (χ1v) is 13.7. The standard InChI is InChI=1S/C31H38N2O3/c34-28(12-11-25-9-5-8-24-7-1-2-10-29(24)25)21-32-14-4-3-6-23(18-32)19-33-15-13-26-16-30-31(36-22-35-30)17-27(26)20-33/h1-2,5,7-10,16-17,23,28,34H,3-4,6,11-15,18-22H2. The summed E-state index contributed by atoms with van der Waals surface area (Å²) < 4.78 is 11.2. The molecular formula is C31H38N2O3. The molecule has 3 heterocycles. The number of benzene rings is 3. The molecular weight excluding hydrogens is 448 g/mol. The van der Waals surface area contributed by atoms with Gasteiger partial charge in [0.15, 0.2) is 11.5 Å². The highest BCUT2D eigenvalue weighted by Crippen LogP contribution is 2.37. The van der Waals surface area contributed by atoms with Gasteiger partial charge in [0.05, 0.1) is 6.10 Å². The maximum Gasteiger partial charge on any atom is 0.231 e. The molecule has 0 aliphatic carbocycles. The lowest BCUT2D eigenvalue weighted by molar-refractivity contribution is 0.0940. The fourth-order valence-electron chi connectivity index (χ4n) is 6.38. The third kappa shape index (κ3) is 5.39. The minimum Gasteiger partial charge on any atom is -0.454 e. The van der Waals surface area contributed by atoms with E-state index in [2.05, 4.69) is 64.4 Å². The molecule has 2 unspecified atom stereocenters. The van der Waals surface area contributed by atoms with Crippen molar-refractivity contribution in [3.05, 3.63) is 71.3 Å². The van der Waals surface area contributed by atoms with Crippen LogP contribution < -0.4 is 9.47 Å². The lowest BCUT2D eigenvalue weighted by Crippen LogP contribution is -2.40. The van der Waals surface area contributed by atoms with E-state index in [1.807, 2.05) is 0 Å². The molecule has 3 aromatic carbocycles. The van der Waals surface area contributed by atoms with Crippen molar-refractivity contribution in [3.63, 3.8) is 0 Å². The van der Waals surface area contributed by atoms with E-state index in [-0.39, 0.29) is 6.10 Å². The number of likely N-dealkylation sites (tertiary alicyclic amines) is 1. The zero-order valence-corrected chi connectivity index (χ0v) is 21.2. The SMILES string of the molecule is OC(CCc1cccc2ccccc12)CN1CCCCC(CN2CCc3cc4c(cc3C2)OCO4)C1. The summed E-state index contributed by atoms with van der Waals surface area (Å²) in [6.45, 7) is 6.56. The number of ether oxygens (including phenoxy) is 2. The molecule has 6 rings (SSSR count). The predicted octanol–water partition coefficient (Wildman–Crippen LogP) is 5.02. The summed E-state index contributed by atoms with van der Waals surface area (Å²) in [7, 11) is 0. The first-order valence-electron chi connectivity index (χ1n) is 13.7. The van der Waals surface area contributed by atoms with Crippen LogP contribution in [0.15, 0.2) is 54.6 Å². The molecule has 1 fully saturated rings. The Balaban J connectivity index is 1.02. The van der Waals surface area contributed by atoms with Crippen LogP contribution in [0, 0.1) is 5.92 Å². The number of aliphatic hydroxyl groups excluding tert-OH is 1. The quantitative estimate of drug-likeness (QED) is 0.508. The molecule has 5 nitrogen and oxygen atoms in total. The van der Waals surface area contributed by atoms with E-state index in [1.165, 1.54) is 46.7 Å². The number of rotatable bonds is 7. The molecule has 0 amide bonds. The molecule has 3 aliphatic heterocycles. The van der Waals surface area contributed by atoms with Gasteiger partial charge >= 0.3 is 0 Å². The predicted molar refractivity (Wildman–Crippen MR) is 144 cm³/mol. The summed E-state index contributed by atoms with van der Waals surface area (Å²) in [5.41, 5.74) is 4.14. The van der Waals surface area contributed by atoms with Crippen LogP contribution in [0.3, 0.4) is 0 Å². The Morgan fingerprint density at radius 3 is 2.67 bits per heavy atom. The minimum absolute atomic E-state index is 0.283. The second-order valence-corrected chi connectivity index (χ2v) is 10.9. The summed E-state index contributed by atoms with van der Waals surface area (Å²) in [4.78, 5) is 5.15. The van der Waals surface area contributed by atoms with Crippen LogP contribution >= 0.6 is 0 Å². The van der Waals surface area contributed by atoms with Gasteiger partial charge in [-0.3, -0.25) is 4.90 Å². The highest BCUT2D eigenvalue weighted by atomic mass is 16.7. The molecule has 2 atom stereocenters. The highest BCUT2D eigenvalue weighted by molar-refractivity contribution is 5.85. The fourth-order valence-corrected chi connectivity index (χ4v) is 6.38. The fraction of sp³-hybridized carbons (Fsp3) is 0.484. The van der Waals surface area contributed by atoms with Crippen LogP contribution in [0.2, 0.25) is 0 Å². The van der Waals surface area contributed by atoms with Crippen molar-refractivity contribution in [2.24, 2.45) is 5.92 Å². The molecule has 0 bridgehead atoms. The summed E-state index contributed by atoms with van der Waals surface area (Å²) >= 11 is 0. The van der Waals surface area contributed by atoms with Crippen LogP contribution in [-0.4, -0.2) is 60.5 Å². The second-order valence-electron chi connectivity index (χ2n) is 10.9. The first-order chi connectivity index (χ1) is 17.7. The minimum atomic E-state index is -0.283. The highest BCUT2D eigenvalue weighted by Gasteiger charge is 2.26. The van der Waals surface area contributed by atoms with Crippen molar-refractivity contribution in [2.45, 2.75) is 51.2 Å². The molecule has 0 radical (unpaired) electrons. The number of β-amino-alcohol motifs (C(OH)–C–C–N with tert-alkyl or cyclic N) is 1. The van der Waals surface area contributed by atoms with Crippen molar-refractivity contribution in [3.8, 4) is 11.5 Å². The van der Waals surface area contributed by atoms with Crippen LogP contribution in [0.25, 0.3) is 10.8 Å². The maximum atomic E-state index is 10.9. The van der Waals surface area contributed by atoms with Crippen molar-refractivity contribution in [2.75, 3.05) is 39.5 Å². The number of aliphatic hydroxyl groups is 1. The van der Waals surface area contributed by atoms with E-state index in [0.29, 0.717) is 12.7 Å². The summed E-state index contributed by atoms with van der Waals surface area (Å²) in [6, 6.07) is 19.5. The average Bonchev–Trinajstić information content (AvgIpc) is 3.24. The van der Waals surface area contributed by atoms with Crippen molar-refractivity contribution in [1.29, 1.82) is 0 Å². The van der Waals surface area contributed by atoms with Gasteiger partial charge in [0, 0.05) is 32.7 Å². The maximum absolute atomic E-state index is 10.9. The average molecular weight is 487 g/mol. The van der Waals surface area contributed by atoms with Gasteiger partial charge in [-0.1, -0.05) is 48.9 Å². The van der Waals surface area contributed by atoms with Gasteiger partial charge < -0.3 is 19.5 Å². The third-order valence-electron chi connectivity index (χ3n) is 8.25. The largest absolute Gasteiger partial charge is 0.454 e. The Morgan fingerprint density at radius 1 is 0.917 bits per heavy atom. The Bertz CT molecular complexity index is 1190. The van der Waals surface area contributed by atoms with Gasteiger partial charge in [-0.15, -0.1) is 0 Å². The Hall–Kier alpha value is -2.60. The van der Waals surface area contributed by atoms with Gasteiger partial charge in [0.25, 0.3) is 0 Å². The zero-order chi connectivity index (χ0) is 24.3. The zero-order valence-electron chi connectivity index (χ0n) is 21.2. The molecule has 36 heavy (non-hydrogen) atoms. The lowest BCUT2D eigenvalue weighted by Gasteiger charge is -2.33. The van der Waals surface area contributed by atoms with Crippen LogP contribution in [0.5, 0.6) is 11.5 Å². The van der Waals surface area contributed by atoms with E-state index in [9.17, 15) is 5.11 Å². The van der Waals surface area contributed by atoms with Gasteiger partial charge in [0.1, 0.15) is 0 Å². The molecule has 5 heteroatoms. The van der Waals surface area contributed by atoms with E-state index in [0.717, 1.165) is 70.0 Å². The Labute approximate surface area is 214 Å². The summed E-state index contributed by atoms with van der Waals surface area (Å²) in [6.07, 6.45) is 6.34. The van der Waals surface area contributed by atoms with Crippen LogP contribution in [-0.2, 0) is 19.4 Å². The van der Waals surface area contributed by atoms with E-state index >= 15 is 0 Å². The van der Waals surface area contributed by atoms with Gasteiger partial charge in [-0.25, -0.2) is 0 Å². The number of hydrogen-bond donors (Lipinski definition) is 1. The molecule has 3 aromatic rings. The summed E-state index contributed by atoms with van der Waals surface area (Å²) in [5.74, 6) is 2.46. The van der Waals surface area contributed by atoms with Crippen molar-refractivity contribution in [1.82, 2.24) is 9.80 Å². The molecule has 3 aliphatic rings. The Morgan fingerprint density at radius 2 is 1.75 bits per heavy atom. The first kappa shape index (κ1) is 23.8. The topological polar surface area (TPSA) is 45.2 Å². The molecule has 0 spiro atoms. The van der Waals surface area contributed by atoms with Crippen LogP contribution in [0.1, 0.15) is 42.4 Å². The number of nitrogens with zero attached hydrogens (tertiary/aromatic N) is 2. The number of aryl methyl sites for hydroxylation is 1. The molecule has 1 N–H and O–H groups in total. The molecule has 1 saturated heterocycles. The van der Waals surface area contributed by atoms with Crippen LogP contribution in [0.4, 0.5) is 0 Å². The number of fused-ring (bicyclic) bond motifs is 3.